The van der Waals surface area contributed by atoms with Crippen molar-refractivity contribution in [3.63, 3.8) is 0 Å². The van der Waals surface area contributed by atoms with E-state index in [1.807, 2.05) is 0 Å². The summed E-state index contributed by atoms with van der Waals surface area (Å²) >= 11 is 0. The number of H-pyrrole nitrogens is 1. The Morgan fingerprint density at radius 3 is 2.67 bits per heavy atom. The Morgan fingerprint density at radius 2 is 1.75 bits per heavy atom. The number of hydrogen-bond acceptors (Lipinski definition) is 1. The van der Waals surface area contributed by atoms with Crippen molar-refractivity contribution in [1.29, 1.82) is 0 Å². The second kappa shape index (κ2) is 6.14. The number of aromatic nitrogens is 1. The van der Waals surface area contributed by atoms with Crippen LogP contribution in [-0.2, 0) is 6.54 Å². The number of benzene rings is 3. The van der Waals surface area contributed by atoms with E-state index >= 15 is 0 Å². The molecule has 1 atom stereocenters. The van der Waals surface area contributed by atoms with Crippen LogP contribution in [0.2, 0.25) is 0 Å². The molecule has 0 spiro atoms. The molecule has 4 rings (SSSR count). The van der Waals surface area contributed by atoms with Gasteiger partial charge < -0.3 is 10.3 Å². The van der Waals surface area contributed by atoms with Crippen LogP contribution >= 0.6 is 0 Å². The zero-order valence-corrected chi connectivity index (χ0v) is 14.1. The third-order valence-electron chi connectivity index (χ3n) is 4.72. The monoisotopic (exact) mass is 314 g/mol. The van der Waals surface area contributed by atoms with E-state index in [0.29, 0.717) is 6.04 Å². The van der Waals surface area contributed by atoms with Crippen LogP contribution in [0.1, 0.15) is 29.8 Å². The molecule has 2 nitrogen and oxygen atoms in total. The maximum absolute atomic E-state index is 3.65. The topological polar surface area (TPSA) is 27.8 Å². The van der Waals surface area contributed by atoms with Crippen molar-refractivity contribution in [3.8, 4) is 0 Å². The smallest absolute Gasteiger partial charge is 0.0456 e. The molecule has 0 fully saturated rings. The standard InChI is InChI=1S/C22H22N2/c1-15-10-11-22-18(12-15)13-19(24-22)14-23-16(2)20-9-5-7-17-6-3-4-8-21(17)20/h3-13,16,23-24H,14H2,1-2H3. The molecule has 4 aromatic rings. The predicted octanol–water partition coefficient (Wildman–Crippen LogP) is 5.48. The molecule has 2 N–H and O–H groups in total. The van der Waals surface area contributed by atoms with Gasteiger partial charge in [-0.25, -0.2) is 0 Å². The van der Waals surface area contributed by atoms with Gasteiger partial charge in [-0.05, 0) is 53.8 Å². The molecule has 1 unspecified atom stereocenters. The molecule has 120 valence electrons. The van der Waals surface area contributed by atoms with E-state index in [0.717, 1.165) is 6.54 Å². The average molecular weight is 314 g/mol. The van der Waals surface area contributed by atoms with Crippen molar-refractivity contribution >= 4 is 21.7 Å². The van der Waals surface area contributed by atoms with E-state index in [2.05, 4.69) is 90.9 Å². The summed E-state index contributed by atoms with van der Waals surface area (Å²) in [6, 6.07) is 24.2. The fourth-order valence-corrected chi connectivity index (χ4v) is 3.41. The lowest BCUT2D eigenvalue weighted by molar-refractivity contribution is 0.573. The number of rotatable bonds is 4. The molecule has 0 aliphatic carbocycles. The molecular formula is C22H22N2. The lowest BCUT2D eigenvalue weighted by atomic mass is 10.00. The molecule has 1 aromatic heterocycles. The van der Waals surface area contributed by atoms with Gasteiger partial charge >= 0.3 is 0 Å². The minimum atomic E-state index is 0.296. The van der Waals surface area contributed by atoms with Crippen molar-refractivity contribution in [2.75, 3.05) is 0 Å². The maximum Gasteiger partial charge on any atom is 0.0456 e. The van der Waals surface area contributed by atoms with Gasteiger partial charge in [0, 0.05) is 23.8 Å². The summed E-state index contributed by atoms with van der Waals surface area (Å²) in [7, 11) is 0. The number of aryl methyl sites for hydroxylation is 1. The molecular weight excluding hydrogens is 292 g/mol. The van der Waals surface area contributed by atoms with Gasteiger partial charge in [-0.1, -0.05) is 54.1 Å². The largest absolute Gasteiger partial charge is 0.357 e. The molecule has 1 heterocycles. The molecule has 0 saturated carbocycles. The third-order valence-corrected chi connectivity index (χ3v) is 4.72. The number of nitrogens with one attached hydrogen (secondary N) is 2. The second-order valence-electron chi connectivity index (χ2n) is 6.56. The highest BCUT2D eigenvalue weighted by Gasteiger charge is 2.09. The molecule has 0 saturated heterocycles. The molecule has 0 amide bonds. The van der Waals surface area contributed by atoms with Crippen LogP contribution < -0.4 is 5.32 Å². The van der Waals surface area contributed by atoms with Crippen LogP contribution in [0.25, 0.3) is 21.7 Å². The van der Waals surface area contributed by atoms with Crippen molar-refractivity contribution in [2.45, 2.75) is 26.4 Å². The summed E-state index contributed by atoms with van der Waals surface area (Å²) in [6.07, 6.45) is 0. The molecule has 3 aromatic carbocycles. The summed E-state index contributed by atoms with van der Waals surface area (Å²) in [5.41, 5.74) is 5.07. The van der Waals surface area contributed by atoms with Crippen molar-refractivity contribution in [1.82, 2.24) is 10.3 Å². The third kappa shape index (κ3) is 2.81. The van der Waals surface area contributed by atoms with Gasteiger partial charge in [0.25, 0.3) is 0 Å². The minimum Gasteiger partial charge on any atom is -0.357 e. The lowest BCUT2D eigenvalue weighted by Crippen LogP contribution is -2.18. The fourth-order valence-electron chi connectivity index (χ4n) is 3.41. The van der Waals surface area contributed by atoms with Gasteiger partial charge in [0.2, 0.25) is 0 Å². The second-order valence-corrected chi connectivity index (χ2v) is 6.56. The van der Waals surface area contributed by atoms with E-state index in [1.54, 1.807) is 0 Å². The molecule has 0 bridgehead atoms. The Bertz CT molecular complexity index is 992. The molecule has 0 radical (unpaired) electrons. The Kier molecular flexibility index (Phi) is 3.83. The van der Waals surface area contributed by atoms with Crippen LogP contribution in [0.4, 0.5) is 0 Å². The Labute approximate surface area is 142 Å². The summed E-state index contributed by atoms with van der Waals surface area (Å²) in [6.45, 7) is 5.19. The quantitative estimate of drug-likeness (QED) is 0.513. The van der Waals surface area contributed by atoms with Crippen molar-refractivity contribution in [2.24, 2.45) is 0 Å². The van der Waals surface area contributed by atoms with Crippen LogP contribution in [0.3, 0.4) is 0 Å². The Hall–Kier alpha value is -2.58. The van der Waals surface area contributed by atoms with Gasteiger partial charge in [0.15, 0.2) is 0 Å². The van der Waals surface area contributed by atoms with Gasteiger partial charge in [-0.15, -0.1) is 0 Å². The summed E-state index contributed by atoms with van der Waals surface area (Å²) in [5, 5.41) is 7.56. The highest BCUT2D eigenvalue weighted by atomic mass is 14.9. The Morgan fingerprint density at radius 1 is 0.917 bits per heavy atom. The summed E-state index contributed by atoms with van der Waals surface area (Å²) < 4.78 is 0. The molecule has 2 heteroatoms. The fraction of sp³-hybridized carbons (Fsp3) is 0.182. The summed E-state index contributed by atoms with van der Waals surface area (Å²) in [5.74, 6) is 0. The van der Waals surface area contributed by atoms with Gasteiger partial charge in [0.05, 0.1) is 0 Å². The van der Waals surface area contributed by atoms with Crippen LogP contribution in [0, 0.1) is 6.92 Å². The minimum absolute atomic E-state index is 0.296. The van der Waals surface area contributed by atoms with Gasteiger partial charge in [0.1, 0.15) is 0 Å². The van der Waals surface area contributed by atoms with E-state index in [-0.39, 0.29) is 0 Å². The Balaban J connectivity index is 1.55. The zero-order valence-electron chi connectivity index (χ0n) is 14.1. The SMILES string of the molecule is Cc1ccc2[nH]c(CNC(C)c3cccc4ccccc34)cc2c1. The first-order valence-electron chi connectivity index (χ1n) is 8.50. The first-order valence-corrected chi connectivity index (χ1v) is 8.50. The van der Waals surface area contributed by atoms with Crippen molar-refractivity contribution < 1.29 is 0 Å². The molecule has 24 heavy (non-hydrogen) atoms. The first kappa shape index (κ1) is 15.0. The first-order chi connectivity index (χ1) is 11.7. The molecule has 0 aliphatic rings. The molecule has 0 aliphatic heterocycles. The van der Waals surface area contributed by atoms with Gasteiger partial charge in [-0.3, -0.25) is 0 Å². The van der Waals surface area contributed by atoms with Crippen LogP contribution in [0.15, 0.2) is 66.7 Å². The van der Waals surface area contributed by atoms with E-state index in [4.69, 9.17) is 0 Å². The van der Waals surface area contributed by atoms with E-state index in [1.165, 1.54) is 38.5 Å². The highest BCUT2D eigenvalue weighted by molar-refractivity contribution is 5.86. The number of aromatic amines is 1. The van der Waals surface area contributed by atoms with Gasteiger partial charge in [-0.2, -0.15) is 0 Å². The predicted molar refractivity (Wildman–Crippen MR) is 102 cm³/mol. The van der Waals surface area contributed by atoms with Crippen LogP contribution in [-0.4, -0.2) is 4.98 Å². The number of fused-ring (bicyclic) bond motifs is 2. The van der Waals surface area contributed by atoms with Crippen LogP contribution in [0.5, 0.6) is 0 Å². The lowest BCUT2D eigenvalue weighted by Gasteiger charge is -2.16. The van der Waals surface area contributed by atoms with E-state index in [9.17, 15) is 0 Å². The number of hydrogen-bond donors (Lipinski definition) is 2. The zero-order chi connectivity index (χ0) is 16.5. The maximum atomic E-state index is 3.65. The normalized spacial score (nSPS) is 12.8. The van der Waals surface area contributed by atoms with Crippen molar-refractivity contribution in [3.05, 3.63) is 83.6 Å². The van der Waals surface area contributed by atoms with E-state index < -0.39 is 0 Å². The summed E-state index contributed by atoms with van der Waals surface area (Å²) in [4.78, 5) is 3.50. The average Bonchev–Trinajstić information content (AvgIpc) is 3.01. The highest BCUT2D eigenvalue weighted by Crippen LogP contribution is 2.24.